The molecule has 0 aliphatic heterocycles. The van der Waals surface area contributed by atoms with E-state index in [1.807, 2.05) is 24.3 Å². The van der Waals surface area contributed by atoms with E-state index in [0.717, 1.165) is 24.1 Å². The molecule has 0 radical (unpaired) electrons. The first-order valence-corrected chi connectivity index (χ1v) is 8.88. The fraction of sp³-hybridized carbons (Fsp3) is 0.333. The average Bonchev–Trinajstić information content (AvgIpc) is 2.64. The van der Waals surface area contributed by atoms with E-state index >= 15 is 0 Å². The second kappa shape index (κ2) is 8.91. The first-order chi connectivity index (χ1) is 13.1. The summed E-state index contributed by atoms with van der Waals surface area (Å²) >= 11 is 0. The quantitative estimate of drug-likeness (QED) is 0.330. The molecule has 0 aliphatic rings. The first-order valence-electron chi connectivity index (χ1n) is 8.88. The number of alkyl halides is 3. The van der Waals surface area contributed by atoms with E-state index in [1.54, 1.807) is 6.92 Å². The van der Waals surface area contributed by atoms with Gasteiger partial charge in [-0.1, -0.05) is 55.4 Å². The zero-order valence-electron chi connectivity index (χ0n) is 16.0. The molecule has 0 saturated carbocycles. The predicted molar refractivity (Wildman–Crippen MR) is 102 cm³/mol. The van der Waals surface area contributed by atoms with Crippen LogP contribution in [0.3, 0.4) is 0 Å². The van der Waals surface area contributed by atoms with Crippen LogP contribution in [0.25, 0.3) is 0 Å². The fourth-order valence-corrected chi connectivity index (χ4v) is 2.61. The highest BCUT2D eigenvalue weighted by molar-refractivity contribution is 5.97. The summed E-state index contributed by atoms with van der Waals surface area (Å²) in [5.74, 6) is -0.805. The molecule has 2 N–H and O–H groups in total. The second-order valence-electron chi connectivity index (χ2n) is 7.02. The molecule has 0 spiro atoms. The van der Waals surface area contributed by atoms with Crippen molar-refractivity contribution in [2.24, 2.45) is 16.8 Å². The summed E-state index contributed by atoms with van der Waals surface area (Å²) in [7, 11) is 0. The van der Waals surface area contributed by atoms with Crippen molar-refractivity contribution in [3.8, 4) is 0 Å². The van der Waals surface area contributed by atoms with Crippen molar-refractivity contribution in [2.75, 3.05) is 0 Å². The smallest absolute Gasteiger partial charge is 0.380 e. The van der Waals surface area contributed by atoms with Gasteiger partial charge in [0, 0.05) is 5.56 Å². The number of hydrogen-bond acceptors (Lipinski definition) is 3. The lowest BCUT2D eigenvalue weighted by Gasteiger charge is -2.11. The Kier molecular flexibility index (Phi) is 6.83. The van der Waals surface area contributed by atoms with Gasteiger partial charge in [-0.3, -0.25) is 0 Å². The molecule has 0 bridgehead atoms. The van der Waals surface area contributed by atoms with Gasteiger partial charge < -0.3 is 10.6 Å². The van der Waals surface area contributed by atoms with Crippen LogP contribution in [0.2, 0.25) is 0 Å². The Labute approximate surface area is 162 Å². The minimum absolute atomic E-state index is 0.179. The molecule has 28 heavy (non-hydrogen) atoms. The summed E-state index contributed by atoms with van der Waals surface area (Å²) in [6, 6.07) is 11.8. The SMILES string of the molecule is CC(C)Cc1ccc([C@H](C)C(=O)O/N=C(/N)c2ccc(C(F)(F)F)cc2)cc1. The number of oxime groups is 1. The third kappa shape index (κ3) is 5.84. The van der Waals surface area contributed by atoms with Gasteiger partial charge in [-0.2, -0.15) is 13.2 Å². The molecule has 0 aliphatic carbocycles. The molecule has 2 aromatic rings. The summed E-state index contributed by atoms with van der Waals surface area (Å²) < 4.78 is 37.7. The molecule has 2 aromatic carbocycles. The van der Waals surface area contributed by atoms with Crippen LogP contribution in [0.15, 0.2) is 53.7 Å². The Morgan fingerprint density at radius 2 is 1.61 bits per heavy atom. The van der Waals surface area contributed by atoms with Gasteiger partial charge >= 0.3 is 12.1 Å². The van der Waals surface area contributed by atoms with Crippen LogP contribution in [-0.4, -0.2) is 11.8 Å². The standard InChI is InChI=1S/C21H23F3N2O2/c1-13(2)12-15-4-6-16(7-5-15)14(3)20(27)28-26-19(25)17-8-10-18(11-9-17)21(22,23)24/h4-11,13-14H,12H2,1-3H3,(H2,25,26)/t14-/m0/s1. The van der Waals surface area contributed by atoms with Crippen molar-refractivity contribution in [3.63, 3.8) is 0 Å². The minimum Gasteiger partial charge on any atom is -0.380 e. The van der Waals surface area contributed by atoms with E-state index in [0.29, 0.717) is 5.92 Å². The van der Waals surface area contributed by atoms with Crippen molar-refractivity contribution in [1.82, 2.24) is 0 Å². The highest BCUT2D eigenvalue weighted by atomic mass is 19.4. The largest absolute Gasteiger partial charge is 0.416 e. The predicted octanol–water partition coefficient (Wildman–Crippen LogP) is 4.87. The summed E-state index contributed by atoms with van der Waals surface area (Å²) in [6.07, 6.45) is -3.48. The Bertz CT molecular complexity index is 826. The summed E-state index contributed by atoms with van der Waals surface area (Å²) in [6.45, 7) is 5.95. The third-order valence-corrected chi connectivity index (χ3v) is 4.22. The summed E-state index contributed by atoms with van der Waals surface area (Å²) in [5, 5.41) is 3.55. The molecule has 0 aromatic heterocycles. The maximum Gasteiger partial charge on any atom is 0.416 e. The maximum absolute atomic E-state index is 12.6. The zero-order valence-corrected chi connectivity index (χ0v) is 16.0. The lowest BCUT2D eigenvalue weighted by Crippen LogP contribution is -2.17. The molecule has 0 unspecified atom stereocenters. The third-order valence-electron chi connectivity index (χ3n) is 4.22. The van der Waals surface area contributed by atoms with E-state index < -0.39 is 23.6 Å². The van der Waals surface area contributed by atoms with Gasteiger partial charge in [0.1, 0.15) is 0 Å². The zero-order chi connectivity index (χ0) is 20.9. The molecule has 150 valence electrons. The molecule has 1 atom stereocenters. The molecule has 0 fully saturated rings. The Morgan fingerprint density at radius 3 is 2.11 bits per heavy atom. The fourth-order valence-electron chi connectivity index (χ4n) is 2.61. The molecular formula is C21H23F3N2O2. The number of benzene rings is 2. The van der Waals surface area contributed by atoms with Gasteiger partial charge in [0.05, 0.1) is 11.5 Å². The van der Waals surface area contributed by atoms with Crippen LogP contribution >= 0.6 is 0 Å². The topological polar surface area (TPSA) is 64.7 Å². The van der Waals surface area contributed by atoms with Crippen LogP contribution in [0.4, 0.5) is 13.2 Å². The van der Waals surface area contributed by atoms with E-state index in [4.69, 9.17) is 10.6 Å². The van der Waals surface area contributed by atoms with Crippen molar-refractivity contribution in [1.29, 1.82) is 0 Å². The lowest BCUT2D eigenvalue weighted by molar-refractivity contribution is -0.145. The van der Waals surface area contributed by atoms with E-state index in [1.165, 1.54) is 17.7 Å². The minimum atomic E-state index is -4.43. The highest BCUT2D eigenvalue weighted by Crippen LogP contribution is 2.29. The first kappa shape index (κ1) is 21.5. The van der Waals surface area contributed by atoms with E-state index in [2.05, 4.69) is 19.0 Å². The Hall–Kier alpha value is -2.83. The number of amidine groups is 1. The molecule has 2 rings (SSSR count). The van der Waals surface area contributed by atoms with Crippen LogP contribution < -0.4 is 5.73 Å². The van der Waals surface area contributed by atoms with Gasteiger partial charge in [0.15, 0.2) is 5.84 Å². The number of nitrogens with zero attached hydrogens (tertiary/aromatic N) is 1. The molecule has 0 saturated heterocycles. The number of nitrogens with two attached hydrogens (primary N) is 1. The van der Waals surface area contributed by atoms with Gasteiger partial charge in [0.25, 0.3) is 0 Å². The number of hydrogen-bond donors (Lipinski definition) is 1. The summed E-state index contributed by atoms with van der Waals surface area (Å²) in [4.78, 5) is 17.1. The van der Waals surface area contributed by atoms with Gasteiger partial charge in [-0.15, -0.1) is 0 Å². The van der Waals surface area contributed by atoms with Crippen molar-refractivity contribution in [2.45, 2.75) is 39.3 Å². The van der Waals surface area contributed by atoms with Crippen LogP contribution in [0, 0.1) is 5.92 Å². The highest BCUT2D eigenvalue weighted by Gasteiger charge is 2.30. The van der Waals surface area contributed by atoms with Gasteiger partial charge in [0.2, 0.25) is 0 Å². The molecule has 4 nitrogen and oxygen atoms in total. The number of carbonyl (C=O) groups is 1. The Morgan fingerprint density at radius 1 is 1.04 bits per heavy atom. The lowest BCUT2D eigenvalue weighted by atomic mass is 9.97. The van der Waals surface area contributed by atoms with Crippen LogP contribution in [0.1, 0.15) is 48.9 Å². The van der Waals surface area contributed by atoms with Crippen molar-refractivity contribution < 1.29 is 22.8 Å². The molecule has 0 amide bonds. The number of rotatable bonds is 6. The molecular weight excluding hydrogens is 369 g/mol. The van der Waals surface area contributed by atoms with Gasteiger partial charge in [-0.05, 0) is 42.5 Å². The monoisotopic (exact) mass is 392 g/mol. The average molecular weight is 392 g/mol. The summed E-state index contributed by atoms with van der Waals surface area (Å²) in [5.41, 5.74) is 7.09. The maximum atomic E-state index is 12.6. The van der Waals surface area contributed by atoms with Crippen LogP contribution in [0.5, 0.6) is 0 Å². The Balaban J connectivity index is 2.01. The van der Waals surface area contributed by atoms with Crippen molar-refractivity contribution >= 4 is 11.8 Å². The van der Waals surface area contributed by atoms with Gasteiger partial charge in [-0.25, -0.2) is 4.79 Å². The van der Waals surface area contributed by atoms with Crippen LogP contribution in [-0.2, 0) is 22.2 Å². The van der Waals surface area contributed by atoms with E-state index in [9.17, 15) is 18.0 Å². The molecule has 0 heterocycles. The normalized spacial score (nSPS) is 13.5. The number of halogens is 3. The number of carbonyl (C=O) groups excluding carboxylic acids is 1. The van der Waals surface area contributed by atoms with E-state index in [-0.39, 0.29) is 11.4 Å². The second-order valence-corrected chi connectivity index (χ2v) is 7.02. The molecule has 7 heteroatoms. The van der Waals surface area contributed by atoms with Crippen molar-refractivity contribution in [3.05, 3.63) is 70.8 Å².